The highest BCUT2D eigenvalue weighted by atomic mass is 32.2. The van der Waals surface area contributed by atoms with Gasteiger partial charge in [-0.15, -0.1) is 0 Å². The predicted molar refractivity (Wildman–Crippen MR) is 75.0 cm³/mol. The molecule has 1 unspecified atom stereocenters. The lowest BCUT2D eigenvalue weighted by Gasteiger charge is -2.30. The molecule has 1 fully saturated rings. The Labute approximate surface area is 119 Å². The van der Waals surface area contributed by atoms with Crippen molar-refractivity contribution in [1.29, 1.82) is 0 Å². The zero-order valence-corrected chi connectivity index (χ0v) is 12.5. The van der Waals surface area contributed by atoms with E-state index >= 15 is 0 Å². The summed E-state index contributed by atoms with van der Waals surface area (Å²) in [5.74, 6) is -1.53. The van der Waals surface area contributed by atoms with E-state index in [1.165, 1.54) is 4.31 Å². The van der Waals surface area contributed by atoms with Crippen LogP contribution in [0.2, 0.25) is 0 Å². The number of benzene rings is 1. The maximum Gasteiger partial charge on any atom is 0.307 e. The first-order chi connectivity index (χ1) is 9.34. The highest BCUT2D eigenvalue weighted by Gasteiger charge is 2.33. The number of carboxylic acid groups (broad SMARTS) is 1. The molecule has 1 aliphatic heterocycles. The molecule has 1 aromatic carbocycles. The predicted octanol–water partition coefficient (Wildman–Crippen LogP) is 1.79. The number of rotatable bonds is 3. The summed E-state index contributed by atoms with van der Waals surface area (Å²) in [7, 11) is -3.61. The third-order valence-electron chi connectivity index (χ3n) is 3.91. The van der Waals surface area contributed by atoms with E-state index in [-0.39, 0.29) is 11.4 Å². The highest BCUT2D eigenvalue weighted by Crippen LogP contribution is 2.26. The van der Waals surface area contributed by atoms with Crippen LogP contribution in [0.3, 0.4) is 0 Å². The van der Waals surface area contributed by atoms with Crippen LogP contribution in [-0.4, -0.2) is 36.9 Å². The van der Waals surface area contributed by atoms with Crippen molar-refractivity contribution in [2.24, 2.45) is 5.92 Å². The second-order valence-corrected chi connectivity index (χ2v) is 7.14. The third-order valence-corrected chi connectivity index (χ3v) is 5.92. The first kappa shape index (κ1) is 15.0. The van der Waals surface area contributed by atoms with Crippen LogP contribution in [0.1, 0.15) is 24.0 Å². The average Bonchev–Trinajstić information content (AvgIpc) is 2.41. The van der Waals surface area contributed by atoms with E-state index in [9.17, 15) is 13.2 Å². The molecule has 1 atom stereocenters. The van der Waals surface area contributed by atoms with E-state index in [2.05, 4.69) is 0 Å². The number of aliphatic carboxylic acids is 1. The fraction of sp³-hybridized carbons (Fsp3) is 0.500. The Balaban J connectivity index is 2.35. The Hall–Kier alpha value is -1.40. The molecule has 1 saturated heterocycles. The molecule has 0 spiro atoms. The van der Waals surface area contributed by atoms with Crippen LogP contribution in [0.5, 0.6) is 0 Å². The van der Waals surface area contributed by atoms with Crippen LogP contribution >= 0.6 is 0 Å². The summed E-state index contributed by atoms with van der Waals surface area (Å²) in [4.78, 5) is 11.3. The lowest BCUT2D eigenvalue weighted by atomic mass is 10.0. The Morgan fingerprint density at radius 3 is 2.70 bits per heavy atom. The zero-order chi connectivity index (χ0) is 14.9. The molecule has 0 bridgehead atoms. The summed E-state index contributed by atoms with van der Waals surface area (Å²) in [6.07, 6.45) is 1.12. The van der Waals surface area contributed by atoms with Gasteiger partial charge in [-0.25, -0.2) is 8.42 Å². The van der Waals surface area contributed by atoms with Crippen LogP contribution < -0.4 is 0 Å². The Morgan fingerprint density at radius 1 is 1.35 bits per heavy atom. The van der Waals surface area contributed by atoms with Crippen molar-refractivity contribution < 1.29 is 18.3 Å². The summed E-state index contributed by atoms with van der Waals surface area (Å²) in [6.45, 7) is 4.09. The highest BCUT2D eigenvalue weighted by molar-refractivity contribution is 7.89. The van der Waals surface area contributed by atoms with Gasteiger partial charge in [-0.1, -0.05) is 12.1 Å². The van der Waals surface area contributed by atoms with E-state index < -0.39 is 21.9 Å². The third kappa shape index (κ3) is 2.71. The van der Waals surface area contributed by atoms with Crippen molar-refractivity contribution in [3.63, 3.8) is 0 Å². The monoisotopic (exact) mass is 297 g/mol. The number of nitrogens with zero attached hydrogens (tertiary/aromatic N) is 1. The van der Waals surface area contributed by atoms with Gasteiger partial charge in [0.2, 0.25) is 10.0 Å². The SMILES string of the molecule is Cc1cccc(S(=O)(=O)N2CCCC(C(=O)O)C2)c1C. The zero-order valence-electron chi connectivity index (χ0n) is 11.7. The van der Waals surface area contributed by atoms with Gasteiger partial charge < -0.3 is 5.11 Å². The second-order valence-electron chi connectivity index (χ2n) is 5.24. The van der Waals surface area contributed by atoms with Crippen LogP contribution in [-0.2, 0) is 14.8 Å². The maximum absolute atomic E-state index is 12.7. The van der Waals surface area contributed by atoms with Gasteiger partial charge in [0.15, 0.2) is 0 Å². The summed E-state index contributed by atoms with van der Waals surface area (Å²) < 4.78 is 26.6. The van der Waals surface area contributed by atoms with E-state index in [0.29, 0.717) is 19.4 Å². The summed E-state index contributed by atoms with van der Waals surface area (Å²) in [6, 6.07) is 5.17. The molecule has 0 amide bonds. The molecule has 0 aliphatic carbocycles. The summed E-state index contributed by atoms with van der Waals surface area (Å²) >= 11 is 0. The molecular formula is C14H19NO4S. The van der Waals surface area contributed by atoms with Gasteiger partial charge in [0.25, 0.3) is 0 Å². The minimum Gasteiger partial charge on any atom is -0.481 e. The second kappa shape index (κ2) is 5.54. The number of aryl methyl sites for hydroxylation is 1. The van der Waals surface area contributed by atoms with E-state index in [4.69, 9.17) is 5.11 Å². The van der Waals surface area contributed by atoms with Crippen molar-refractivity contribution in [3.8, 4) is 0 Å². The molecule has 20 heavy (non-hydrogen) atoms. The van der Waals surface area contributed by atoms with Gasteiger partial charge in [0, 0.05) is 13.1 Å². The first-order valence-electron chi connectivity index (χ1n) is 6.63. The minimum atomic E-state index is -3.61. The fourth-order valence-corrected chi connectivity index (χ4v) is 4.33. The number of carbonyl (C=O) groups is 1. The van der Waals surface area contributed by atoms with Gasteiger partial charge >= 0.3 is 5.97 Å². The molecule has 0 saturated carbocycles. The van der Waals surface area contributed by atoms with E-state index in [1.54, 1.807) is 19.1 Å². The molecule has 110 valence electrons. The molecule has 0 radical (unpaired) electrons. The molecule has 1 aliphatic rings. The molecule has 6 heteroatoms. The number of carboxylic acids is 1. The molecule has 1 N–H and O–H groups in total. The average molecular weight is 297 g/mol. The molecule has 1 aromatic rings. The number of sulfonamides is 1. The Morgan fingerprint density at radius 2 is 2.05 bits per heavy atom. The number of hydrogen-bond acceptors (Lipinski definition) is 3. The van der Waals surface area contributed by atoms with Gasteiger partial charge in [-0.3, -0.25) is 4.79 Å². The van der Waals surface area contributed by atoms with Gasteiger partial charge in [-0.05, 0) is 43.9 Å². The normalized spacial score (nSPS) is 20.8. The smallest absolute Gasteiger partial charge is 0.307 e. The Bertz CT molecular complexity index is 624. The number of hydrogen-bond donors (Lipinski definition) is 1. The quantitative estimate of drug-likeness (QED) is 0.923. The van der Waals surface area contributed by atoms with Crippen LogP contribution in [0, 0.1) is 19.8 Å². The molecule has 0 aromatic heterocycles. The standard InChI is InChI=1S/C14H19NO4S/c1-10-5-3-7-13(11(10)2)20(18,19)15-8-4-6-12(9-15)14(16)17/h3,5,7,12H,4,6,8-9H2,1-2H3,(H,16,17). The Kier molecular flexibility index (Phi) is 4.15. The molecule has 5 nitrogen and oxygen atoms in total. The summed E-state index contributed by atoms with van der Waals surface area (Å²) in [5.41, 5.74) is 1.64. The fourth-order valence-electron chi connectivity index (χ4n) is 2.51. The van der Waals surface area contributed by atoms with Crippen LogP contribution in [0.4, 0.5) is 0 Å². The van der Waals surface area contributed by atoms with Crippen molar-refractivity contribution >= 4 is 16.0 Å². The summed E-state index contributed by atoms with van der Waals surface area (Å²) in [5, 5.41) is 9.07. The van der Waals surface area contributed by atoms with E-state index in [0.717, 1.165) is 11.1 Å². The van der Waals surface area contributed by atoms with Crippen molar-refractivity contribution in [2.75, 3.05) is 13.1 Å². The lowest BCUT2D eigenvalue weighted by Crippen LogP contribution is -2.42. The van der Waals surface area contributed by atoms with E-state index in [1.807, 2.05) is 13.0 Å². The first-order valence-corrected chi connectivity index (χ1v) is 8.07. The van der Waals surface area contributed by atoms with Crippen LogP contribution in [0.25, 0.3) is 0 Å². The van der Waals surface area contributed by atoms with Crippen molar-refractivity contribution in [2.45, 2.75) is 31.6 Å². The molecule has 1 heterocycles. The van der Waals surface area contributed by atoms with Gasteiger partial charge in [0.1, 0.15) is 0 Å². The lowest BCUT2D eigenvalue weighted by molar-refractivity contribution is -0.142. The number of piperidine rings is 1. The molecular weight excluding hydrogens is 278 g/mol. The largest absolute Gasteiger partial charge is 0.481 e. The van der Waals surface area contributed by atoms with Crippen molar-refractivity contribution in [1.82, 2.24) is 4.31 Å². The maximum atomic E-state index is 12.7. The minimum absolute atomic E-state index is 0.0606. The van der Waals surface area contributed by atoms with Crippen LogP contribution in [0.15, 0.2) is 23.1 Å². The molecule has 2 rings (SSSR count). The van der Waals surface area contributed by atoms with Gasteiger partial charge in [0.05, 0.1) is 10.8 Å². The van der Waals surface area contributed by atoms with Crippen molar-refractivity contribution in [3.05, 3.63) is 29.3 Å². The topological polar surface area (TPSA) is 74.7 Å². The van der Waals surface area contributed by atoms with Gasteiger partial charge in [-0.2, -0.15) is 4.31 Å².